The van der Waals surface area contributed by atoms with Crippen LogP contribution in [-0.2, 0) is 0 Å². The normalized spacial score (nSPS) is 22.9. The highest BCUT2D eigenvalue weighted by atomic mass is 32.1. The molecule has 2 atom stereocenters. The van der Waals surface area contributed by atoms with E-state index in [9.17, 15) is 4.79 Å². The minimum Gasteiger partial charge on any atom is -0.389 e. The maximum absolute atomic E-state index is 12.3. The fraction of sp³-hybridized carbons (Fsp3) is 0.500. The summed E-state index contributed by atoms with van der Waals surface area (Å²) in [7, 11) is 0. The number of nitrogens with two attached hydrogens (primary N) is 1. The van der Waals surface area contributed by atoms with Crippen LogP contribution < -0.4 is 11.1 Å². The molecule has 1 aromatic carbocycles. The van der Waals surface area contributed by atoms with E-state index in [0.29, 0.717) is 22.5 Å². The van der Waals surface area contributed by atoms with Crippen molar-refractivity contribution in [2.75, 3.05) is 0 Å². The van der Waals surface area contributed by atoms with Crippen LogP contribution >= 0.6 is 12.2 Å². The molecule has 1 aromatic rings. The van der Waals surface area contributed by atoms with Gasteiger partial charge in [-0.05, 0) is 30.9 Å². The van der Waals surface area contributed by atoms with Gasteiger partial charge in [0.25, 0.3) is 5.91 Å². The molecule has 1 aliphatic carbocycles. The summed E-state index contributed by atoms with van der Waals surface area (Å²) < 4.78 is 0. The summed E-state index contributed by atoms with van der Waals surface area (Å²) in [5.41, 5.74) is 7.01. The molecule has 3 nitrogen and oxygen atoms in total. The topological polar surface area (TPSA) is 55.1 Å². The number of rotatable bonds is 3. The highest BCUT2D eigenvalue weighted by Crippen LogP contribution is 2.23. The van der Waals surface area contributed by atoms with Crippen LogP contribution in [-0.4, -0.2) is 16.9 Å². The molecule has 0 spiro atoms. The van der Waals surface area contributed by atoms with Gasteiger partial charge in [-0.3, -0.25) is 4.79 Å². The number of benzene rings is 1. The van der Waals surface area contributed by atoms with Gasteiger partial charge in [0.2, 0.25) is 0 Å². The van der Waals surface area contributed by atoms with Crippen LogP contribution in [0.5, 0.6) is 0 Å². The van der Waals surface area contributed by atoms with Crippen LogP contribution in [0.3, 0.4) is 0 Å². The quantitative estimate of drug-likeness (QED) is 0.664. The van der Waals surface area contributed by atoms with Gasteiger partial charge in [0.1, 0.15) is 4.99 Å². The molecule has 0 bridgehead atoms. The molecule has 1 saturated carbocycles. The van der Waals surface area contributed by atoms with Crippen molar-refractivity contribution < 1.29 is 4.79 Å². The number of hydrogen-bond acceptors (Lipinski definition) is 2. The van der Waals surface area contributed by atoms with Crippen molar-refractivity contribution in [3.63, 3.8) is 0 Å². The van der Waals surface area contributed by atoms with Crippen molar-refractivity contribution in [1.29, 1.82) is 0 Å². The Labute approximate surface area is 125 Å². The average Bonchev–Trinajstić information content (AvgIpc) is 2.64. The number of carbonyl (C=O) groups excluding carboxylic acids is 1. The minimum absolute atomic E-state index is 0.00163. The lowest BCUT2D eigenvalue weighted by molar-refractivity contribution is 0.0921. The van der Waals surface area contributed by atoms with Gasteiger partial charge in [0.05, 0.1) is 0 Å². The molecule has 2 rings (SSSR count). The molecule has 1 amide bonds. The van der Waals surface area contributed by atoms with Gasteiger partial charge in [-0.2, -0.15) is 0 Å². The number of nitrogens with one attached hydrogen (secondary N) is 1. The van der Waals surface area contributed by atoms with E-state index in [4.69, 9.17) is 18.0 Å². The molecule has 0 saturated heterocycles. The van der Waals surface area contributed by atoms with Gasteiger partial charge in [0.15, 0.2) is 0 Å². The van der Waals surface area contributed by atoms with Gasteiger partial charge < -0.3 is 11.1 Å². The predicted molar refractivity (Wildman–Crippen MR) is 85.8 cm³/mol. The summed E-state index contributed by atoms with van der Waals surface area (Å²) in [5, 5.41) is 3.17. The monoisotopic (exact) mass is 290 g/mol. The lowest BCUT2D eigenvalue weighted by Gasteiger charge is -2.22. The van der Waals surface area contributed by atoms with Crippen molar-refractivity contribution in [3.8, 4) is 0 Å². The highest BCUT2D eigenvalue weighted by Gasteiger charge is 2.21. The van der Waals surface area contributed by atoms with Crippen LogP contribution in [0, 0.1) is 5.92 Å². The van der Waals surface area contributed by atoms with Crippen molar-refractivity contribution in [1.82, 2.24) is 5.32 Å². The second kappa shape index (κ2) is 6.84. The Kier molecular flexibility index (Phi) is 5.12. The zero-order valence-electron chi connectivity index (χ0n) is 11.9. The van der Waals surface area contributed by atoms with Crippen LogP contribution in [0.1, 0.15) is 54.9 Å². The summed E-state index contributed by atoms with van der Waals surface area (Å²) in [5.74, 6) is 0.551. The zero-order chi connectivity index (χ0) is 14.5. The third-order valence-corrected chi connectivity index (χ3v) is 4.35. The molecular formula is C16H22N2OS. The summed E-state index contributed by atoms with van der Waals surface area (Å²) in [6.07, 6.45) is 6.04. The lowest BCUT2D eigenvalue weighted by Crippen LogP contribution is -2.38. The number of carbonyl (C=O) groups is 1. The molecule has 20 heavy (non-hydrogen) atoms. The summed E-state index contributed by atoms with van der Waals surface area (Å²) >= 11 is 4.91. The van der Waals surface area contributed by atoms with E-state index in [1.807, 2.05) is 0 Å². The van der Waals surface area contributed by atoms with Crippen LogP contribution in [0.15, 0.2) is 24.3 Å². The first-order chi connectivity index (χ1) is 9.58. The molecule has 108 valence electrons. The third kappa shape index (κ3) is 3.79. The fourth-order valence-corrected chi connectivity index (χ4v) is 2.88. The van der Waals surface area contributed by atoms with Gasteiger partial charge in [-0.1, -0.05) is 50.5 Å². The van der Waals surface area contributed by atoms with Crippen molar-refractivity contribution in [2.24, 2.45) is 11.7 Å². The number of thiocarbonyl (C=S) groups is 1. The van der Waals surface area contributed by atoms with E-state index in [1.54, 1.807) is 24.3 Å². The lowest BCUT2D eigenvalue weighted by atomic mass is 9.96. The second-order valence-corrected chi connectivity index (χ2v) is 6.08. The molecule has 0 aliphatic heterocycles. The fourth-order valence-electron chi connectivity index (χ4n) is 2.75. The molecule has 0 radical (unpaired) electrons. The Morgan fingerprint density at radius 1 is 1.15 bits per heavy atom. The van der Waals surface area contributed by atoms with Gasteiger partial charge >= 0.3 is 0 Å². The number of hydrogen-bond donors (Lipinski definition) is 2. The molecule has 2 unspecified atom stereocenters. The Hall–Kier alpha value is -1.42. The zero-order valence-corrected chi connectivity index (χ0v) is 12.7. The minimum atomic E-state index is -0.00163. The van der Waals surface area contributed by atoms with Crippen LogP contribution in [0.25, 0.3) is 0 Å². The maximum atomic E-state index is 12.3. The third-order valence-electron chi connectivity index (χ3n) is 4.11. The predicted octanol–water partition coefficient (Wildman–Crippen LogP) is 3.02. The Morgan fingerprint density at radius 2 is 1.75 bits per heavy atom. The highest BCUT2D eigenvalue weighted by molar-refractivity contribution is 7.80. The SMILES string of the molecule is CC1CCCCCC1NC(=O)c1ccc(C(N)=S)cc1. The first-order valence-corrected chi connectivity index (χ1v) is 7.69. The van der Waals surface area contributed by atoms with Gasteiger partial charge in [0, 0.05) is 17.2 Å². The largest absolute Gasteiger partial charge is 0.389 e. The van der Waals surface area contributed by atoms with E-state index < -0.39 is 0 Å². The van der Waals surface area contributed by atoms with E-state index in [0.717, 1.165) is 12.0 Å². The Balaban J connectivity index is 2.01. The first-order valence-electron chi connectivity index (χ1n) is 7.28. The van der Waals surface area contributed by atoms with E-state index in [1.165, 1.54) is 25.7 Å². The second-order valence-electron chi connectivity index (χ2n) is 5.64. The molecule has 1 aliphatic rings. The van der Waals surface area contributed by atoms with Gasteiger partial charge in [-0.15, -0.1) is 0 Å². The molecule has 1 fully saturated rings. The summed E-state index contributed by atoms with van der Waals surface area (Å²) in [4.78, 5) is 12.6. The van der Waals surface area contributed by atoms with Crippen molar-refractivity contribution in [3.05, 3.63) is 35.4 Å². The van der Waals surface area contributed by atoms with Gasteiger partial charge in [-0.25, -0.2) is 0 Å². The number of amides is 1. The molecular weight excluding hydrogens is 268 g/mol. The Morgan fingerprint density at radius 3 is 2.40 bits per heavy atom. The Bertz CT molecular complexity index is 484. The van der Waals surface area contributed by atoms with Crippen molar-refractivity contribution in [2.45, 2.75) is 45.1 Å². The first kappa shape index (κ1) is 15.0. The van der Waals surface area contributed by atoms with E-state index >= 15 is 0 Å². The average molecular weight is 290 g/mol. The van der Waals surface area contributed by atoms with E-state index in [-0.39, 0.29) is 5.91 Å². The summed E-state index contributed by atoms with van der Waals surface area (Å²) in [6, 6.07) is 7.46. The molecule has 3 N–H and O–H groups in total. The van der Waals surface area contributed by atoms with Crippen LogP contribution in [0.4, 0.5) is 0 Å². The molecule has 4 heteroatoms. The van der Waals surface area contributed by atoms with E-state index in [2.05, 4.69) is 12.2 Å². The maximum Gasteiger partial charge on any atom is 0.251 e. The van der Waals surface area contributed by atoms with Crippen LogP contribution in [0.2, 0.25) is 0 Å². The molecule has 0 aromatic heterocycles. The summed E-state index contributed by atoms with van der Waals surface area (Å²) in [6.45, 7) is 2.23. The molecule has 0 heterocycles. The smallest absolute Gasteiger partial charge is 0.251 e. The van der Waals surface area contributed by atoms with Crippen molar-refractivity contribution >= 4 is 23.1 Å². The standard InChI is InChI=1S/C16H22N2OS/c1-11-5-3-2-4-6-14(11)18-16(19)13-9-7-12(8-10-13)15(17)20/h7-11,14H,2-6H2,1H3,(H2,17,20)(H,18,19).